The van der Waals surface area contributed by atoms with Crippen molar-refractivity contribution < 1.29 is 14.3 Å². The molecule has 3 aromatic rings. The zero-order valence-corrected chi connectivity index (χ0v) is 17.3. The van der Waals surface area contributed by atoms with Crippen LogP contribution in [-0.4, -0.2) is 34.6 Å². The van der Waals surface area contributed by atoms with Crippen molar-refractivity contribution >= 4 is 17.5 Å². The number of aromatic nitrogens is 3. The Morgan fingerprint density at radius 2 is 2.03 bits per heavy atom. The Labute approximate surface area is 174 Å². The topological polar surface area (TPSA) is 78.3 Å². The summed E-state index contributed by atoms with van der Waals surface area (Å²) in [6, 6.07) is 12.6. The largest absolute Gasteiger partial charge is 0.493 e. The second-order valence-electron chi connectivity index (χ2n) is 6.45. The van der Waals surface area contributed by atoms with E-state index in [0.717, 1.165) is 12.0 Å². The zero-order valence-electron chi connectivity index (χ0n) is 16.6. The van der Waals surface area contributed by atoms with Gasteiger partial charge in [-0.05, 0) is 43.2 Å². The molecule has 0 spiro atoms. The molecule has 7 nitrogen and oxygen atoms in total. The van der Waals surface area contributed by atoms with Crippen LogP contribution in [0.4, 0.5) is 0 Å². The van der Waals surface area contributed by atoms with Crippen molar-refractivity contribution in [2.45, 2.75) is 26.3 Å². The summed E-state index contributed by atoms with van der Waals surface area (Å²) in [6.45, 7) is 4.54. The van der Waals surface area contributed by atoms with Crippen LogP contribution in [0.15, 0.2) is 48.7 Å². The van der Waals surface area contributed by atoms with Gasteiger partial charge in [-0.15, -0.1) is 5.10 Å². The van der Waals surface area contributed by atoms with Crippen LogP contribution in [-0.2, 0) is 0 Å². The highest BCUT2D eigenvalue weighted by atomic mass is 35.5. The van der Waals surface area contributed by atoms with E-state index < -0.39 is 0 Å². The van der Waals surface area contributed by atoms with Crippen LogP contribution in [0.5, 0.6) is 11.5 Å². The van der Waals surface area contributed by atoms with Crippen molar-refractivity contribution in [2.75, 3.05) is 13.7 Å². The number of amides is 1. The zero-order chi connectivity index (χ0) is 20.8. The molecule has 152 valence electrons. The Kier molecular flexibility index (Phi) is 6.72. The molecule has 0 fully saturated rings. The average Bonchev–Trinajstić information content (AvgIpc) is 3.22. The third kappa shape index (κ3) is 4.86. The first kappa shape index (κ1) is 20.7. The van der Waals surface area contributed by atoms with Crippen LogP contribution in [0, 0.1) is 0 Å². The van der Waals surface area contributed by atoms with E-state index >= 15 is 0 Å². The standard InChI is InChI=1S/C21H23ClN4O3/c1-4-11-29-19-10-9-15(12-20(19)28-3)14(2)23-21(27)17-13-26(25-24-17)18-8-6-5-7-16(18)22/h5-10,12-14H,4,11H2,1-3H3,(H,23,27). The number of halogens is 1. The van der Waals surface area contributed by atoms with E-state index in [1.165, 1.54) is 4.68 Å². The molecular formula is C21H23ClN4O3. The molecule has 29 heavy (non-hydrogen) atoms. The molecule has 0 bridgehead atoms. The van der Waals surface area contributed by atoms with Crippen molar-refractivity contribution in [3.8, 4) is 17.2 Å². The summed E-state index contributed by atoms with van der Waals surface area (Å²) in [4.78, 5) is 12.6. The van der Waals surface area contributed by atoms with E-state index in [4.69, 9.17) is 21.1 Å². The number of nitrogens with zero attached hydrogens (tertiary/aromatic N) is 3. The van der Waals surface area contributed by atoms with Crippen molar-refractivity contribution in [1.29, 1.82) is 0 Å². The lowest BCUT2D eigenvalue weighted by atomic mass is 10.1. The van der Waals surface area contributed by atoms with Crippen LogP contribution >= 0.6 is 11.6 Å². The van der Waals surface area contributed by atoms with E-state index in [9.17, 15) is 4.79 Å². The minimum absolute atomic E-state index is 0.201. The first-order chi connectivity index (χ1) is 14.0. The van der Waals surface area contributed by atoms with Gasteiger partial charge in [0.25, 0.3) is 5.91 Å². The molecule has 0 saturated carbocycles. The number of benzene rings is 2. The highest BCUT2D eigenvalue weighted by Crippen LogP contribution is 2.30. The molecule has 1 atom stereocenters. The summed E-state index contributed by atoms with van der Waals surface area (Å²) in [6.07, 6.45) is 2.46. The van der Waals surface area contributed by atoms with Crippen LogP contribution in [0.3, 0.4) is 0 Å². The van der Waals surface area contributed by atoms with Gasteiger partial charge in [-0.25, -0.2) is 4.68 Å². The first-order valence-corrected chi connectivity index (χ1v) is 9.70. The lowest BCUT2D eigenvalue weighted by molar-refractivity contribution is 0.0934. The van der Waals surface area contributed by atoms with Gasteiger partial charge in [0.1, 0.15) is 0 Å². The fourth-order valence-electron chi connectivity index (χ4n) is 2.76. The Bertz CT molecular complexity index is 990. The summed E-state index contributed by atoms with van der Waals surface area (Å²) in [7, 11) is 1.59. The molecule has 1 amide bonds. The number of ether oxygens (including phenoxy) is 2. The molecule has 0 saturated heterocycles. The molecule has 0 radical (unpaired) electrons. The molecule has 0 aliphatic carbocycles. The van der Waals surface area contributed by atoms with Crippen molar-refractivity contribution in [3.05, 3.63) is 64.9 Å². The molecule has 2 aromatic carbocycles. The molecule has 1 heterocycles. The Balaban J connectivity index is 1.72. The Hall–Kier alpha value is -3.06. The van der Waals surface area contributed by atoms with Crippen molar-refractivity contribution in [3.63, 3.8) is 0 Å². The van der Waals surface area contributed by atoms with Gasteiger partial charge in [-0.1, -0.05) is 41.9 Å². The fourth-order valence-corrected chi connectivity index (χ4v) is 2.98. The first-order valence-electron chi connectivity index (χ1n) is 9.32. The maximum absolute atomic E-state index is 12.6. The third-order valence-electron chi connectivity index (χ3n) is 4.32. The summed E-state index contributed by atoms with van der Waals surface area (Å²) >= 11 is 6.17. The van der Waals surface area contributed by atoms with Crippen LogP contribution in [0.25, 0.3) is 5.69 Å². The monoisotopic (exact) mass is 414 g/mol. The van der Waals surface area contributed by atoms with Crippen LogP contribution in [0.2, 0.25) is 5.02 Å². The van der Waals surface area contributed by atoms with E-state index in [1.807, 2.05) is 44.2 Å². The number of carbonyl (C=O) groups excluding carboxylic acids is 1. The van der Waals surface area contributed by atoms with Gasteiger partial charge >= 0.3 is 0 Å². The van der Waals surface area contributed by atoms with Gasteiger partial charge in [-0.2, -0.15) is 0 Å². The van der Waals surface area contributed by atoms with E-state index in [1.54, 1.807) is 25.4 Å². The normalized spacial score (nSPS) is 11.7. The highest BCUT2D eigenvalue weighted by molar-refractivity contribution is 6.32. The summed E-state index contributed by atoms with van der Waals surface area (Å²) in [5.41, 5.74) is 1.74. The quantitative estimate of drug-likeness (QED) is 0.597. The SMILES string of the molecule is CCCOc1ccc(C(C)NC(=O)c2cn(-c3ccccc3Cl)nn2)cc1OC. The van der Waals surface area contributed by atoms with Crippen LogP contribution in [0.1, 0.15) is 42.4 Å². The number of rotatable bonds is 8. The molecule has 0 aliphatic rings. The maximum atomic E-state index is 12.6. The number of para-hydroxylation sites is 1. The van der Waals surface area contributed by atoms with Crippen molar-refractivity contribution in [1.82, 2.24) is 20.3 Å². The second-order valence-corrected chi connectivity index (χ2v) is 6.86. The second kappa shape index (κ2) is 9.43. The predicted octanol–water partition coefficient (Wildman–Crippen LogP) is 4.21. The number of carbonyl (C=O) groups is 1. The van der Waals surface area contributed by atoms with Gasteiger partial charge in [0.05, 0.1) is 36.7 Å². The lowest BCUT2D eigenvalue weighted by Gasteiger charge is -2.16. The van der Waals surface area contributed by atoms with Gasteiger partial charge in [0.2, 0.25) is 0 Å². The van der Waals surface area contributed by atoms with Crippen LogP contribution < -0.4 is 14.8 Å². The lowest BCUT2D eigenvalue weighted by Crippen LogP contribution is -2.27. The summed E-state index contributed by atoms with van der Waals surface area (Å²) in [5.74, 6) is 0.974. The fraction of sp³-hybridized carbons (Fsp3) is 0.286. The van der Waals surface area contributed by atoms with Gasteiger partial charge in [-0.3, -0.25) is 4.79 Å². The van der Waals surface area contributed by atoms with Gasteiger partial charge < -0.3 is 14.8 Å². The molecular weight excluding hydrogens is 392 g/mol. The molecule has 3 rings (SSSR count). The Morgan fingerprint density at radius 3 is 2.76 bits per heavy atom. The smallest absolute Gasteiger partial charge is 0.273 e. The number of methoxy groups -OCH3 is 1. The van der Waals surface area contributed by atoms with E-state index in [2.05, 4.69) is 15.6 Å². The van der Waals surface area contributed by atoms with Gasteiger partial charge in [0.15, 0.2) is 17.2 Å². The molecule has 1 N–H and O–H groups in total. The predicted molar refractivity (Wildman–Crippen MR) is 111 cm³/mol. The number of hydrogen-bond donors (Lipinski definition) is 1. The van der Waals surface area contributed by atoms with Gasteiger partial charge in [0, 0.05) is 0 Å². The molecule has 1 aromatic heterocycles. The maximum Gasteiger partial charge on any atom is 0.273 e. The third-order valence-corrected chi connectivity index (χ3v) is 4.64. The molecule has 8 heteroatoms. The number of hydrogen-bond acceptors (Lipinski definition) is 5. The minimum atomic E-state index is -0.332. The number of nitrogens with one attached hydrogen (secondary N) is 1. The van der Waals surface area contributed by atoms with E-state index in [0.29, 0.717) is 28.8 Å². The summed E-state index contributed by atoms with van der Waals surface area (Å²) in [5, 5.41) is 11.4. The molecule has 0 aliphatic heterocycles. The van der Waals surface area contributed by atoms with Crippen molar-refractivity contribution in [2.24, 2.45) is 0 Å². The minimum Gasteiger partial charge on any atom is -0.493 e. The summed E-state index contributed by atoms with van der Waals surface area (Å²) < 4.78 is 12.6. The Morgan fingerprint density at radius 1 is 1.24 bits per heavy atom. The van der Waals surface area contributed by atoms with E-state index in [-0.39, 0.29) is 17.6 Å². The highest BCUT2D eigenvalue weighted by Gasteiger charge is 2.17. The molecule has 1 unspecified atom stereocenters. The average molecular weight is 415 g/mol.